The normalized spacial score (nSPS) is 11.2. The van der Waals surface area contributed by atoms with Gasteiger partial charge < -0.3 is 10.2 Å². The van der Waals surface area contributed by atoms with Gasteiger partial charge in [-0.2, -0.15) is 0 Å². The molecule has 3 aromatic rings. The minimum atomic E-state index is -3.47. The molecule has 0 spiro atoms. The van der Waals surface area contributed by atoms with Crippen molar-refractivity contribution in [3.8, 4) is 0 Å². The molecule has 33 heavy (non-hydrogen) atoms. The second kappa shape index (κ2) is 10.1. The molecule has 0 saturated carbocycles. The molecule has 0 aliphatic carbocycles. The Morgan fingerprint density at radius 1 is 0.818 bits per heavy atom. The molecule has 1 amide bonds. The zero-order valence-corrected chi connectivity index (χ0v) is 20.6. The molecule has 1 N–H and O–H groups in total. The number of anilines is 2. The van der Waals surface area contributed by atoms with Crippen molar-refractivity contribution in [3.05, 3.63) is 94.5 Å². The minimum absolute atomic E-state index is 0.174. The molecular weight excluding hydrogens is 434 g/mol. The Kier molecular flexibility index (Phi) is 7.43. The lowest BCUT2D eigenvalue weighted by molar-refractivity contribution is 0.0951. The number of aryl methyl sites for hydroxylation is 2. The van der Waals surface area contributed by atoms with Crippen molar-refractivity contribution in [1.82, 2.24) is 5.32 Å². The van der Waals surface area contributed by atoms with Crippen molar-refractivity contribution in [2.24, 2.45) is 0 Å². The highest BCUT2D eigenvalue weighted by Crippen LogP contribution is 2.24. The van der Waals surface area contributed by atoms with Crippen LogP contribution in [0.5, 0.6) is 0 Å². The monoisotopic (exact) mass is 465 g/mol. The molecule has 0 bridgehead atoms. The molecule has 0 aliphatic heterocycles. The zero-order chi connectivity index (χ0) is 24.2. The van der Waals surface area contributed by atoms with Crippen LogP contribution >= 0.6 is 0 Å². The van der Waals surface area contributed by atoms with Gasteiger partial charge in [-0.05, 0) is 72.5 Å². The highest BCUT2D eigenvalue weighted by molar-refractivity contribution is 7.92. The maximum atomic E-state index is 12.6. The summed E-state index contributed by atoms with van der Waals surface area (Å²) in [4.78, 5) is 14.6. The van der Waals surface area contributed by atoms with Gasteiger partial charge in [-0.15, -0.1) is 0 Å². The van der Waals surface area contributed by atoms with Gasteiger partial charge in [-0.1, -0.05) is 30.3 Å². The summed E-state index contributed by atoms with van der Waals surface area (Å²) in [6.45, 7) is 4.52. The number of nitrogens with one attached hydrogen (secondary N) is 1. The Balaban J connectivity index is 1.68. The molecule has 3 aromatic carbocycles. The van der Waals surface area contributed by atoms with E-state index in [0.717, 1.165) is 27.9 Å². The predicted octanol–water partition coefficient (Wildman–Crippen LogP) is 4.27. The number of benzene rings is 3. The van der Waals surface area contributed by atoms with E-state index in [-0.39, 0.29) is 12.5 Å². The molecule has 3 rings (SSSR count). The van der Waals surface area contributed by atoms with Gasteiger partial charge >= 0.3 is 0 Å². The van der Waals surface area contributed by atoms with Crippen LogP contribution in [0.15, 0.2) is 66.7 Å². The van der Waals surface area contributed by atoms with Crippen molar-refractivity contribution in [3.63, 3.8) is 0 Å². The molecule has 0 saturated heterocycles. The van der Waals surface area contributed by atoms with E-state index in [2.05, 4.69) is 5.32 Å². The standard InChI is InChI=1S/C26H31N3O3S/c1-19-14-20(2)16-25(15-19)29(33(5,31)32)18-22-6-10-23(11-7-22)26(30)27-17-21-8-12-24(13-9-21)28(3)4/h6-16H,17-18H2,1-5H3,(H,27,30). The van der Waals surface area contributed by atoms with Crippen molar-refractivity contribution >= 4 is 27.3 Å². The molecule has 6 nitrogen and oxygen atoms in total. The first-order valence-electron chi connectivity index (χ1n) is 10.7. The number of carbonyl (C=O) groups is 1. The van der Waals surface area contributed by atoms with Crippen LogP contribution in [0, 0.1) is 13.8 Å². The van der Waals surface area contributed by atoms with Crippen molar-refractivity contribution in [2.75, 3.05) is 29.6 Å². The molecule has 174 valence electrons. The number of amides is 1. The van der Waals surface area contributed by atoms with Gasteiger partial charge in [0.2, 0.25) is 10.0 Å². The highest BCUT2D eigenvalue weighted by atomic mass is 32.2. The van der Waals surface area contributed by atoms with E-state index in [4.69, 9.17) is 0 Å². The third-order valence-electron chi connectivity index (χ3n) is 5.34. The van der Waals surface area contributed by atoms with Gasteiger partial charge in [-0.25, -0.2) is 8.42 Å². The number of hydrogen-bond acceptors (Lipinski definition) is 4. The molecule has 0 atom stereocenters. The van der Waals surface area contributed by atoms with Crippen LogP contribution in [0.1, 0.15) is 32.6 Å². The number of sulfonamides is 1. The van der Waals surface area contributed by atoms with Gasteiger partial charge in [0.1, 0.15) is 0 Å². The quantitative estimate of drug-likeness (QED) is 0.540. The Labute approximate surface area is 196 Å². The molecular formula is C26H31N3O3S. The summed E-state index contributed by atoms with van der Waals surface area (Å²) in [5.74, 6) is -0.174. The first-order chi connectivity index (χ1) is 15.5. The summed E-state index contributed by atoms with van der Waals surface area (Å²) in [7, 11) is 0.494. The minimum Gasteiger partial charge on any atom is -0.378 e. The predicted molar refractivity (Wildman–Crippen MR) is 135 cm³/mol. The molecule has 7 heteroatoms. The van der Waals surface area contributed by atoms with E-state index in [0.29, 0.717) is 17.8 Å². The van der Waals surface area contributed by atoms with E-state index in [1.165, 1.54) is 10.6 Å². The SMILES string of the molecule is Cc1cc(C)cc(N(Cc2ccc(C(=O)NCc3ccc(N(C)C)cc3)cc2)S(C)(=O)=O)c1. The van der Waals surface area contributed by atoms with E-state index in [1.54, 1.807) is 24.3 Å². The van der Waals surface area contributed by atoms with Crippen LogP contribution in [0.3, 0.4) is 0 Å². The summed E-state index contributed by atoms with van der Waals surface area (Å²) >= 11 is 0. The van der Waals surface area contributed by atoms with Crippen molar-refractivity contribution in [2.45, 2.75) is 26.9 Å². The maximum Gasteiger partial charge on any atom is 0.251 e. The summed E-state index contributed by atoms with van der Waals surface area (Å²) in [5.41, 5.74) is 6.09. The first kappa shape index (κ1) is 24.3. The van der Waals surface area contributed by atoms with Crippen LogP contribution in [0.2, 0.25) is 0 Å². The van der Waals surface area contributed by atoms with Crippen molar-refractivity contribution < 1.29 is 13.2 Å². The maximum absolute atomic E-state index is 12.6. The molecule has 0 fully saturated rings. The van der Waals surface area contributed by atoms with Gasteiger partial charge in [0.05, 0.1) is 18.5 Å². The van der Waals surface area contributed by atoms with Crippen LogP contribution in [0.4, 0.5) is 11.4 Å². The molecule has 0 radical (unpaired) electrons. The van der Waals surface area contributed by atoms with Gasteiger partial charge in [0, 0.05) is 31.9 Å². The summed E-state index contributed by atoms with van der Waals surface area (Å²) in [6, 6.07) is 20.8. The van der Waals surface area contributed by atoms with Crippen LogP contribution in [0.25, 0.3) is 0 Å². The number of nitrogens with zero attached hydrogens (tertiary/aromatic N) is 2. The first-order valence-corrected chi connectivity index (χ1v) is 12.6. The molecule has 0 unspecified atom stereocenters. The second-order valence-electron chi connectivity index (χ2n) is 8.56. The average Bonchev–Trinajstić information content (AvgIpc) is 2.75. The van der Waals surface area contributed by atoms with E-state index < -0.39 is 10.0 Å². The summed E-state index contributed by atoms with van der Waals surface area (Å²) < 4.78 is 26.3. The summed E-state index contributed by atoms with van der Waals surface area (Å²) in [6.07, 6.45) is 1.21. The van der Waals surface area contributed by atoms with Crippen LogP contribution in [-0.4, -0.2) is 34.7 Å². The average molecular weight is 466 g/mol. The lowest BCUT2D eigenvalue weighted by Crippen LogP contribution is -2.29. The Morgan fingerprint density at radius 3 is 1.88 bits per heavy atom. The van der Waals surface area contributed by atoms with Crippen molar-refractivity contribution in [1.29, 1.82) is 0 Å². The van der Waals surface area contributed by atoms with Gasteiger partial charge in [-0.3, -0.25) is 9.10 Å². The van der Waals surface area contributed by atoms with Gasteiger partial charge in [0.15, 0.2) is 0 Å². The fourth-order valence-electron chi connectivity index (χ4n) is 3.62. The smallest absolute Gasteiger partial charge is 0.251 e. The Hall–Kier alpha value is -3.32. The number of rotatable bonds is 8. The second-order valence-corrected chi connectivity index (χ2v) is 10.5. The van der Waals surface area contributed by atoms with Crippen LogP contribution in [-0.2, 0) is 23.1 Å². The third-order valence-corrected chi connectivity index (χ3v) is 6.48. The Bertz CT molecular complexity index is 1200. The van der Waals surface area contributed by atoms with E-state index in [9.17, 15) is 13.2 Å². The lowest BCUT2D eigenvalue weighted by atomic mass is 10.1. The van der Waals surface area contributed by atoms with E-state index >= 15 is 0 Å². The van der Waals surface area contributed by atoms with Gasteiger partial charge in [0.25, 0.3) is 5.91 Å². The zero-order valence-electron chi connectivity index (χ0n) is 19.8. The number of hydrogen-bond donors (Lipinski definition) is 1. The topological polar surface area (TPSA) is 69.7 Å². The molecule has 0 heterocycles. The van der Waals surface area contributed by atoms with E-state index in [1.807, 2.05) is 75.3 Å². The molecule has 0 aromatic heterocycles. The van der Waals surface area contributed by atoms with Crippen LogP contribution < -0.4 is 14.5 Å². The fraction of sp³-hybridized carbons (Fsp3) is 0.269. The third kappa shape index (κ3) is 6.58. The largest absolute Gasteiger partial charge is 0.378 e. The summed E-state index contributed by atoms with van der Waals surface area (Å²) in [5, 5.41) is 2.93. The molecule has 0 aliphatic rings. The lowest BCUT2D eigenvalue weighted by Gasteiger charge is -2.23. The highest BCUT2D eigenvalue weighted by Gasteiger charge is 2.19. The fourth-order valence-corrected chi connectivity index (χ4v) is 4.49. The number of carbonyl (C=O) groups excluding carboxylic acids is 1. The Morgan fingerprint density at radius 2 is 1.36 bits per heavy atom.